The molecule has 0 bridgehead atoms. The second kappa shape index (κ2) is 9.46. The first-order chi connectivity index (χ1) is 16.1. The quantitative estimate of drug-likeness (QED) is 0.450. The molecule has 3 aromatic rings. The van der Waals surface area contributed by atoms with Gasteiger partial charge < -0.3 is 4.90 Å². The molecular formula is C22H19Cl2N3O5S2. The summed E-state index contributed by atoms with van der Waals surface area (Å²) in [6.07, 6.45) is 1.25. The van der Waals surface area contributed by atoms with Crippen LogP contribution in [0.25, 0.3) is 0 Å². The molecule has 0 aliphatic carbocycles. The fraction of sp³-hybridized carbons (Fsp3) is 0.136. The molecule has 1 fully saturated rings. The molecule has 12 heteroatoms. The van der Waals surface area contributed by atoms with E-state index in [0.29, 0.717) is 18.7 Å². The highest BCUT2D eigenvalue weighted by molar-refractivity contribution is 7.93. The number of rotatable bonds is 7. The van der Waals surface area contributed by atoms with E-state index in [2.05, 4.69) is 9.44 Å². The lowest BCUT2D eigenvalue weighted by molar-refractivity contribution is -0.117. The highest BCUT2D eigenvalue weighted by Gasteiger charge is 2.23. The standard InChI is InChI=1S/C22H19Cl2N3O5S2/c23-19-3-1-4-20(22(19)24)26-34(31,32)17-10-6-15(7-11-17)25-33(29,30)18-12-8-16(9-13-18)27-14-2-5-21(27)28/h1,3-4,6-13,25-26H,2,5,14H2. The first kappa shape index (κ1) is 24.3. The molecule has 178 valence electrons. The molecule has 4 rings (SSSR count). The maximum Gasteiger partial charge on any atom is 0.261 e. The zero-order valence-electron chi connectivity index (χ0n) is 17.5. The van der Waals surface area contributed by atoms with Gasteiger partial charge in [-0.05, 0) is 67.1 Å². The molecule has 0 aromatic heterocycles. The third-order valence-corrected chi connectivity index (χ3v) is 8.74. The molecule has 34 heavy (non-hydrogen) atoms. The summed E-state index contributed by atoms with van der Waals surface area (Å²) in [6, 6.07) is 15.8. The highest BCUT2D eigenvalue weighted by atomic mass is 35.5. The fourth-order valence-corrected chi connectivity index (χ4v) is 5.96. The van der Waals surface area contributed by atoms with Crippen molar-refractivity contribution in [3.8, 4) is 0 Å². The van der Waals surface area contributed by atoms with Crippen molar-refractivity contribution in [1.29, 1.82) is 0 Å². The molecule has 1 aliphatic heterocycles. The van der Waals surface area contributed by atoms with Crippen molar-refractivity contribution in [3.63, 3.8) is 0 Å². The topological polar surface area (TPSA) is 113 Å². The van der Waals surface area contributed by atoms with E-state index in [9.17, 15) is 21.6 Å². The Kier molecular flexibility index (Phi) is 6.77. The van der Waals surface area contributed by atoms with Crippen LogP contribution in [0.3, 0.4) is 0 Å². The number of anilines is 3. The summed E-state index contributed by atoms with van der Waals surface area (Å²) < 4.78 is 55.6. The van der Waals surface area contributed by atoms with Crippen LogP contribution in [0.2, 0.25) is 10.0 Å². The summed E-state index contributed by atoms with van der Waals surface area (Å²) in [6.45, 7) is 0.608. The van der Waals surface area contributed by atoms with Crippen molar-refractivity contribution in [3.05, 3.63) is 76.8 Å². The SMILES string of the molecule is O=C1CCCN1c1ccc(S(=O)(=O)Nc2ccc(S(=O)(=O)Nc3cccc(Cl)c3Cl)cc2)cc1. The van der Waals surface area contributed by atoms with Gasteiger partial charge in [0.25, 0.3) is 20.0 Å². The number of benzene rings is 3. The Labute approximate surface area is 207 Å². The fourth-order valence-electron chi connectivity index (χ4n) is 3.43. The number of hydrogen-bond donors (Lipinski definition) is 2. The third kappa shape index (κ3) is 5.15. The lowest BCUT2D eigenvalue weighted by Crippen LogP contribution is -2.23. The van der Waals surface area contributed by atoms with Gasteiger partial charge >= 0.3 is 0 Å². The number of nitrogens with zero attached hydrogens (tertiary/aromatic N) is 1. The van der Waals surface area contributed by atoms with Crippen LogP contribution in [0.1, 0.15) is 12.8 Å². The third-order valence-electron chi connectivity index (χ3n) is 5.14. The molecule has 0 atom stereocenters. The second-order valence-corrected chi connectivity index (χ2v) is 11.6. The van der Waals surface area contributed by atoms with Gasteiger partial charge in [0.1, 0.15) is 0 Å². The van der Waals surface area contributed by atoms with Crippen molar-refractivity contribution in [2.24, 2.45) is 0 Å². The van der Waals surface area contributed by atoms with Crippen molar-refractivity contribution < 1.29 is 21.6 Å². The highest BCUT2D eigenvalue weighted by Crippen LogP contribution is 2.31. The average Bonchev–Trinajstić information content (AvgIpc) is 3.23. The van der Waals surface area contributed by atoms with Crippen molar-refractivity contribution in [2.45, 2.75) is 22.6 Å². The Morgan fingerprint density at radius 2 is 1.35 bits per heavy atom. The molecule has 0 radical (unpaired) electrons. The van der Waals surface area contributed by atoms with Crippen LogP contribution >= 0.6 is 23.2 Å². The number of carbonyl (C=O) groups is 1. The maximum atomic E-state index is 12.7. The summed E-state index contributed by atoms with van der Waals surface area (Å²) >= 11 is 12.0. The predicted octanol–water partition coefficient (Wildman–Crippen LogP) is 4.72. The lowest BCUT2D eigenvalue weighted by atomic mass is 10.3. The van der Waals surface area contributed by atoms with E-state index in [1.54, 1.807) is 23.1 Å². The van der Waals surface area contributed by atoms with Crippen LogP contribution < -0.4 is 14.3 Å². The van der Waals surface area contributed by atoms with Gasteiger partial charge in [-0.1, -0.05) is 29.3 Å². The van der Waals surface area contributed by atoms with Crippen LogP contribution in [-0.4, -0.2) is 29.3 Å². The van der Waals surface area contributed by atoms with Gasteiger partial charge in [0.05, 0.1) is 25.5 Å². The number of nitrogens with one attached hydrogen (secondary N) is 2. The van der Waals surface area contributed by atoms with Gasteiger partial charge in [-0.15, -0.1) is 0 Å². The summed E-state index contributed by atoms with van der Waals surface area (Å²) in [4.78, 5) is 13.4. The molecular weight excluding hydrogens is 521 g/mol. The van der Waals surface area contributed by atoms with Crippen LogP contribution in [-0.2, 0) is 24.8 Å². The molecule has 1 aliphatic rings. The largest absolute Gasteiger partial charge is 0.312 e. The average molecular weight is 540 g/mol. The maximum absolute atomic E-state index is 12.7. The number of sulfonamides is 2. The number of halogens is 2. The molecule has 1 amide bonds. The van der Waals surface area contributed by atoms with E-state index in [0.717, 1.165) is 6.42 Å². The van der Waals surface area contributed by atoms with Crippen LogP contribution in [0.15, 0.2) is 76.5 Å². The summed E-state index contributed by atoms with van der Waals surface area (Å²) in [5.74, 6) is 0.0101. The van der Waals surface area contributed by atoms with Gasteiger partial charge in [0.2, 0.25) is 5.91 Å². The van der Waals surface area contributed by atoms with Gasteiger partial charge in [-0.2, -0.15) is 0 Å². The Morgan fingerprint density at radius 3 is 1.94 bits per heavy atom. The minimum atomic E-state index is -3.99. The van der Waals surface area contributed by atoms with E-state index in [-0.39, 0.29) is 37.1 Å². The van der Waals surface area contributed by atoms with E-state index in [1.807, 2.05) is 0 Å². The molecule has 0 unspecified atom stereocenters. The van der Waals surface area contributed by atoms with Crippen molar-refractivity contribution in [2.75, 3.05) is 20.9 Å². The smallest absolute Gasteiger partial charge is 0.261 e. The molecule has 0 spiro atoms. The van der Waals surface area contributed by atoms with Crippen LogP contribution in [0.5, 0.6) is 0 Å². The lowest BCUT2D eigenvalue weighted by Gasteiger charge is -2.16. The number of amides is 1. The molecule has 8 nitrogen and oxygen atoms in total. The normalized spacial score (nSPS) is 14.3. The zero-order chi connectivity index (χ0) is 24.5. The Hall–Kier alpha value is -2.79. The van der Waals surface area contributed by atoms with E-state index >= 15 is 0 Å². The summed E-state index contributed by atoms with van der Waals surface area (Å²) in [5, 5.41) is 0.268. The zero-order valence-corrected chi connectivity index (χ0v) is 20.7. The van der Waals surface area contributed by atoms with Crippen molar-refractivity contribution in [1.82, 2.24) is 0 Å². The van der Waals surface area contributed by atoms with Gasteiger partial charge in [0.15, 0.2) is 0 Å². The van der Waals surface area contributed by atoms with Gasteiger partial charge in [0, 0.05) is 24.3 Å². The number of hydrogen-bond acceptors (Lipinski definition) is 5. The molecule has 0 saturated carbocycles. The molecule has 1 saturated heterocycles. The van der Waals surface area contributed by atoms with E-state index < -0.39 is 20.0 Å². The predicted molar refractivity (Wildman–Crippen MR) is 133 cm³/mol. The second-order valence-electron chi connectivity index (χ2n) is 7.48. The number of carbonyl (C=O) groups excluding carboxylic acids is 1. The molecule has 1 heterocycles. The summed E-state index contributed by atoms with van der Waals surface area (Å²) in [7, 11) is -7.91. The van der Waals surface area contributed by atoms with E-state index in [4.69, 9.17) is 23.2 Å². The minimum absolute atomic E-state index is 0.0101. The van der Waals surface area contributed by atoms with Gasteiger partial charge in [-0.25, -0.2) is 16.8 Å². The summed E-state index contributed by atoms with van der Waals surface area (Å²) in [5.41, 5.74) is 0.944. The Morgan fingerprint density at radius 1 is 0.765 bits per heavy atom. The van der Waals surface area contributed by atoms with Crippen LogP contribution in [0, 0.1) is 0 Å². The minimum Gasteiger partial charge on any atom is -0.312 e. The van der Waals surface area contributed by atoms with Gasteiger partial charge in [-0.3, -0.25) is 14.2 Å². The first-order valence-electron chi connectivity index (χ1n) is 10.1. The molecule has 2 N–H and O–H groups in total. The Balaban J connectivity index is 1.48. The Bertz CT molecular complexity index is 1440. The molecule has 3 aromatic carbocycles. The first-order valence-corrected chi connectivity index (χ1v) is 13.8. The van der Waals surface area contributed by atoms with Crippen LogP contribution in [0.4, 0.5) is 17.1 Å². The van der Waals surface area contributed by atoms with E-state index in [1.165, 1.54) is 48.5 Å². The monoisotopic (exact) mass is 539 g/mol. The van der Waals surface area contributed by atoms with Crippen molar-refractivity contribution >= 4 is 66.2 Å².